The number of aliphatic carboxylic acids is 4. The van der Waals surface area contributed by atoms with Gasteiger partial charge in [0.1, 0.15) is 84.6 Å². The Morgan fingerprint density at radius 1 is 0.470 bits per heavy atom. The van der Waals surface area contributed by atoms with Crippen molar-refractivity contribution in [2.24, 2.45) is 46.6 Å². The standard InChI is InChI=1S/C68H110N20O26S/c1-29(2)18-37(59(104)86-51(30(3)4)64(109)81-41(23-50(97)98)67(112)88-17-11-13-45(88)68(113)114)78-55(100)35(12-9-10-16-69)75-61(106)42(25-89)82-66(111)53(32(7)8)87-60(105)38(19-33-24-73-28-74-33)79-63(108)44(27-115)84-57(102)39(21-47(72)92)80-62(107)43(26-90)83-65(110)52(31(5)6)85-56(101)36(14-15-46(71)91)76-58(103)40(22-49(95)96)77-54(99)34(70)20-48(93)94/h24,28-32,34-45,51-53,89-90,115H,9-23,25-27,69-70H2,1-8H3,(H2,71,91)(H2,72,92)(H,73,74)(H,75,106)(H,76,103)(H,77,99)(H,78,100)(H,79,108)(H,80,107)(H,81,109)(H,82,111)(H,83,110)(H,84,102)(H,85,101)(H,86,104)(H,87,105)(H,93,94)(H,95,96)(H,97,98)(H,113,114)/t34-,35-,36-,37-,38-,39-,40-,41-,42-,43-,44-,45-,51-,52-,53-/m0/s1. The molecule has 0 aromatic carbocycles. The average Bonchev–Trinajstić information content (AvgIpc) is 1.77. The Morgan fingerprint density at radius 3 is 1.28 bits per heavy atom. The number of imidazole rings is 1. The maximum Gasteiger partial charge on any atom is 0.326 e. The van der Waals surface area contributed by atoms with Crippen LogP contribution in [0, 0.1) is 23.7 Å². The van der Waals surface area contributed by atoms with Gasteiger partial charge in [0.25, 0.3) is 0 Å². The number of aromatic nitrogens is 2. The van der Waals surface area contributed by atoms with Crippen LogP contribution in [-0.4, -0.2) is 287 Å². The van der Waals surface area contributed by atoms with Gasteiger partial charge in [-0.05, 0) is 75.2 Å². The van der Waals surface area contributed by atoms with Crippen LogP contribution in [0.3, 0.4) is 0 Å². The van der Waals surface area contributed by atoms with Gasteiger partial charge in [0.15, 0.2) is 0 Å². The highest BCUT2D eigenvalue weighted by Crippen LogP contribution is 2.21. The Hall–Kier alpha value is -11.2. The van der Waals surface area contributed by atoms with Gasteiger partial charge in [0.05, 0.1) is 57.0 Å². The monoisotopic (exact) mass is 1650 g/mol. The third-order valence-corrected chi connectivity index (χ3v) is 18.0. The molecule has 1 aromatic rings. The number of nitrogens with one attached hydrogen (secondary N) is 14. The van der Waals surface area contributed by atoms with E-state index in [1.165, 1.54) is 54.1 Å². The summed E-state index contributed by atoms with van der Waals surface area (Å²) >= 11 is 4.18. The van der Waals surface area contributed by atoms with E-state index >= 15 is 0 Å². The van der Waals surface area contributed by atoms with Gasteiger partial charge in [-0.3, -0.25) is 91.1 Å². The minimum Gasteiger partial charge on any atom is -0.481 e. The number of thiol groups is 1. The largest absolute Gasteiger partial charge is 0.481 e. The number of carboxylic acid groups (broad SMARTS) is 4. The fourth-order valence-electron chi connectivity index (χ4n) is 11.4. The number of H-pyrrole nitrogens is 1. The van der Waals surface area contributed by atoms with Crippen LogP contribution in [0.25, 0.3) is 0 Å². The zero-order chi connectivity index (χ0) is 87.4. The van der Waals surface area contributed by atoms with Crippen molar-refractivity contribution in [1.82, 2.24) is 84.0 Å². The van der Waals surface area contributed by atoms with Gasteiger partial charge in [-0.15, -0.1) is 0 Å². The molecular formula is C68H110N20O26S. The highest BCUT2D eigenvalue weighted by molar-refractivity contribution is 7.80. The number of carbonyl (C=O) groups excluding carboxylic acids is 16. The van der Waals surface area contributed by atoms with Crippen molar-refractivity contribution < 1.29 is 127 Å². The van der Waals surface area contributed by atoms with Crippen molar-refractivity contribution in [3.63, 3.8) is 0 Å². The van der Waals surface area contributed by atoms with Gasteiger partial charge >= 0.3 is 23.9 Å². The molecule has 0 spiro atoms. The van der Waals surface area contributed by atoms with E-state index < -0.39 is 291 Å². The molecule has 115 heavy (non-hydrogen) atoms. The SMILES string of the molecule is CC(C)C[C@H](NC(=O)[C@H](CCCCN)NC(=O)[C@H](CO)NC(=O)[C@@H](NC(=O)[C@H](Cc1c[nH]cn1)NC(=O)[C@H](CS)NC(=O)[C@H](CC(N)=O)NC(=O)[C@H](CO)NC(=O)[C@@H](NC(=O)[C@H](CCC(N)=O)NC(=O)[C@H](CC(=O)O)NC(=O)[C@@H](N)CC(=O)O)C(C)C)C(C)C)C(=O)N[C@H](C(=O)N[C@@H](CC(=O)O)C(=O)N1CCC[C@H]1C(=O)O)C(C)C. The molecule has 16 amide bonds. The number of aromatic amines is 1. The van der Waals surface area contributed by atoms with E-state index in [0.717, 1.165) is 4.90 Å². The molecule has 15 atom stereocenters. The van der Waals surface area contributed by atoms with E-state index in [2.05, 4.69) is 86.4 Å². The van der Waals surface area contributed by atoms with Crippen LogP contribution >= 0.6 is 12.6 Å². The van der Waals surface area contributed by atoms with Crippen molar-refractivity contribution in [3.05, 3.63) is 18.2 Å². The van der Waals surface area contributed by atoms with Crippen LogP contribution in [0.4, 0.5) is 0 Å². The summed E-state index contributed by atoms with van der Waals surface area (Å²) in [6.45, 7) is 9.93. The Kier molecular flexibility index (Phi) is 42.9. The predicted molar refractivity (Wildman–Crippen MR) is 402 cm³/mol. The van der Waals surface area contributed by atoms with Crippen molar-refractivity contribution in [1.29, 1.82) is 0 Å². The summed E-state index contributed by atoms with van der Waals surface area (Å²) in [7, 11) is 0. The fourth-order valence-corrected chi connectivity index (χ4v) is 11.7. The first-order valence-electron chi connectivity index (χ1n) is 36.8. The smallest absolute Gasteiger partial charge is 0.326 e. The Bertz CT molecular complexity index is 3610. The number of hydrogen-bond donors (Lipinski definition) is 25. The average molecular weight is 1660 g/mol. The number of nitrogens with zero attached hydrogens (tertiary/aromatic N) is 2. The molecule has 1 aromatic heterocycles. The van der Waals surface area contributed by atoms with E-state index in [4.69, 9.17) is 28.0 Å². The van der Waals surface area contributed by atoms with Crippen molar-refractivity contribution in [3.8, 4) is 0 Å². The molecule has 0 unspecified atom stereocenters. The number of unbranched alkanes of at least 4 members (excludes halogenated alkanes) is 1. The van der Waals surface area contributed by atoms with E-state index in [0.29, 0.717) is 12.8 Å². The van der Waals surface area contributed by atoms with Gasteiger partial charge in [-0.1, -0.05) is 55.4 Å². The van der Waals surface area contributed by atoms with Gasteiger partial charge in [0.2, 0.25) is 94.5 Å². The van der Waals surface area contributed by atoms with Gasteiger partial charge < -0.3 is 133 Å². The van der Waals surface area contributed by atoms with E-state index in [-0.39, 0.29) is 50.4 Å². The van der Waals surface area contributed by atoms with Gasteiger partial charge in [0, 0.05) is 31.3 Å². The second-order valence-corrected chi connectivity index (χ2v) is 29.0. The minimum absolute atomic E-state index is 0.0225. The number of carbonyl (C=O) groups is 20. The van der Waals surface area contributed by atoms with Crippen LogP contribution in [-0.2, 0) is 102 Å². The molecule has 46 nitrogen and oxygen atoms in total. The first-order valence-corrected chi connectivity index (χ1v) is 37.4. The molecule has 1 saturated heterocycles. The molecule has 0 aliphatic carbocycles. The first kappa shape index (κ1) is 99.9. The lowest BCUT2D eigenvalue weighted by molar-refractivity contribution is -0.151. The van der Waals surface area contributed by atoms with Crippen LogP contribution in [0.15, 0.2) is 12.5 Å². The van der Waals surface area contributed by atoms with Crippen LogP contribution in [0.2, 0.25) is 0 Å². The zero-order valence-corrected chi connectivity index (χ0v) is 65.7. The summed E-state index contributed by atoms with van der Waals surface area (Å²) in [5.74, 6) is -27.7. The summed E-state index contributed by atoms with van der Waals surface area (Å²) in [5.41, 5.74) is 22.2. The molecule has 0 radical (unpaired) electrons. The highest BCUT2D eigenvalue weighted by atomic mass is 32.1. The maximum absolute atomic E-state index is 14.4. The summed E-state index contributed by atoms with van der Waals surface area (Å²) in [4.78, 5) is 273. The van der Waals surface area contributed by atoms with Crippen LogP contribution in [0.1, 0.15) is 138 Å². The summed E-state index contributed by atoms with van der Waals surface area (Å²) in [6.07, 6.45) is -2.36. The quantitative estimate of drug-likeness (QED) is 0.0213. The number of nitrogens with two attached hydrogens (primary N) is 4. The molecule has 47 heteroatoms. The van der Waals surface area contributed by atoms with Crippen LogP contribution < -0.4 is 92.1 Å². The molecule has 644 valence electrons. The molecule has 0 saturated carbocycles. The highest BCUT2D eigenvalue weighted by Gasteiger charge is 2.43. The fraction of sp³-hybridized carbons (Fsp3) is 0.662. The first-order chi connectivity index (χ1) is 53.8. The number of likely N-dealkylation sites (tertiary alicyclic amines) is 1. The number of primary amides is 2. The molecule has 1 aliphatic rings. The zero-order valence-electron chi connectivity index (χ0n) is 64.9. The molecule has 2 rings (SSSR count). The predicted octanol–water partition coefficient (Wildman–Crippen LogP) is -9.72. The molecule has 1 aliphatic heterocycles. The maximum atomic E-state index is 14.4. The molecular weight excluding hydrogens is 1540 g/mol. The lowest BCUT2D eigenvalue weighted by atomic mass is 9.98. The summed E-state index contributed by atoms with van der Waals surface area (Å²) in [5, 5.41) is 89.0. The molecule has 0 bridgehead atoms. The topological polar surface area (TPSA) is 755 Å². The number of rotatable bonds is 53. The normalized spacial score (nSPS) is 16.2. The Labute approximate surface area is 665 Å². The van der Waals surface area contributed by atoms with Gasteiger partial charge in [-0.25, -0.2) is 9.78 Å². The minimum atomic E-state index is -2.02. The summed E-state index contributed by atoms with van der Waals surface area (Å²) < 4.78 is 0. The Balaban J connectivity index is 2.39. The second kappa shape index (κ2) is 49.4. The number of amides is 16. The van der Waals surface area contributed by atoms with E-state index in [9.17, 15) is 121 Å². The van der Waals surface area contributed by atoms with Gasteiger partial charge in [-0.2, -0.15) is 12.6 Å². The van der Waals surface area contributed by atoms with E-state index in [1.54, 1.807) is 13.8 Å². The number of carboxylic acids is 4. The lowest BCUT2D eigenvalue weighted by Crippen LogP contribution is -2.62. The third-order valence-electron chi connectivity index (χ3n) is 17.6. The second-order valence-electron chi connectivity index (χ2n) is 28.6. The van der Waals surface area contributed by atoms with Crippen molar-refractivity contribution in [2.45, 2.75) is 229 Å². The van der Waals surface area contributed by atoms with Crippen molar-refractivity contribution >= 4 is 131 Å². The molecule has 2 heterocycles. The third kappa shape index (κ3) is 34.6. The molecule has 28 N–H and O–H groups in total. The number of aliphatic hydroxyl groups is 2. The number of hydrogen-bond acceptors (Lipinski definition) is 26. The lowest BCUT2D eigenvalue weighted by Gasteiger charge is -2.30. The van der Waals surface area contributed by atoms with Crippen molar-refractivity contribution in [2.75, 3.05) is 32.1 Å². The summed E-state index contributed by atoms with van der Waals surface area (Å²) in [6, 6.07) is -25.6. The van der Waals surface area contributed by atoms with Crippen LogP contribution in [0.5, 0.6) is 0 Å². The molecule has 1 fully saturated rings. The number of aliphatic hydroxyl groups excluding tert-OH is 2. The van der Waals surface area contributed by atoms with E-state index in [1.807, 2.05) is 5.32 Å². The Morgan fingerprint density at radius 2 is 0.852 bits per heavy atom.